The van der Waals surface area contributed by atoms with E-state index >= 15 is 0 Å². The molecule has 0 bridgehead atoms. The van der Waals surface area contributed by atoms with Crippen molar-refractivity contribution in [3.8, 4) is 0 Å². The van der Waals surface area contributed by atoms with Gasteiger partial charge in [-0.05, 0) is 24.6 Å². The second kappa shape index (κ2) is 5.81. The number of carbonyl (C=O) groups excluding carboxylic acids is 1. The Morgan fingerprint density at radius 2 is 1.68 bits per heavy atom. The van der Waals surface area contributed by atoms with Crippen LogP contribution >= 0.6 is 0 Å². The van der Waals surface area contributed by atoms with Crippen LogP contribution < -0.4 is 11.1 Å². The summed E-state index contributed by atoms with van der Waals surface area (Å²) in [5.41, 5.74) is 9.53. The van der Waals surface area contributed by atoms with Crippen molar-refractivity contribution in [3.05, 3.63) is 65.4 Å². The number of amides is 1. The molecule has 0 atom stereocenters. The topological polar surface area (TPSA) is 80.9 Å². The Labute approximate surface area is 128 Å². The number of nitrogens with zero attached hydrogens (tertiary/aromatic N) is 2. The average molecular weight is 292 g/mol. The number of fused-ring (bicyclic) bond motifs is 1. The van der Waals surface area contributed by atoms with Gasteiger partial charge in [-0.1, -0.05) is 42.0 Å². The molecule has 0 aliphatic heterocycles. The van der Waals surface area contributed by atoms with Crippen molar-refractivity contribution in [1.29, 1.82) is 0 Å². The number of hydrogen-bond acceptors (Lipinski definition) is 4. The summed E-state index contributed by atoms with van der Waals surface area (Å²) in [6.45, 7) is 2.45. The normalized spacial score (nSPS) is 10.6. The number of anilines is 1. The van der Waals surface area contributed by atoms with Gasteiger partial charge in [-0.25, -0.2) is 9.97 Å². The molecule has 0 saturated carbocycles. The summed E-state index contributed by atoms with van der Waals surface area (Å²) in [7, 11) is 0. The number of nitrogens with two attached hydrogens (primary N) is 1. The molecule has 0 unspecified atom stereocenters. The molecule has 0 aliphatic carbocycles. The number of hydrogen-bond donors (Lipinski definition) is 2. The van der Waals surface area contributed by atoms with Gasteiger partial charge in [0.15, 0.2) is 11.5 Å². The fourth-order valence-corrected chi connectivity index (χ4v) is 2.15. The third kappa shape index (κ3) is 2.88. The van der Waals surface area contributed by atoms with Gasteiger partial charge in [-0.2, -0.15) is 0 Å². The van der Waals surface area contributed by atoms with Crippen LogP contribution in [0.15, 0.2) is 48.5 Å². The van der Waals surface area contributed by atoms with Crippen molar-refractivity contribution in [2.45, 2.75) is 13.5 Å². The molecule has 3 N–H and O–H groups in total. The number of carbonyl (C=O) groups is 1. The highest BCUT2D eigenvalue weighted by Crippen LogP contribution is 2.14. The maximum atomic E-state index is 12.3. The number of nitrogen functional groups attached to an aromatic ring is 1. The lowest BCUT2D eigenvalue weighted by Crippen LogP contribution is -2.25. The van der Waals surface area contributed by atoms with Crippen LogP contribution in [0.1, 0.15) is 21.6 Å². The molecule has 3 rings (SSSR count). The first-order valence-electron chi connectivity index (χ1n) is 6.99. The summed E-state index contributed by atoms with van der Waals surface area (Å²) in [5.74, 6) is -0.184. The fourth-order valence-electron chi connectivity index (χ4n) is 2.15. The smallest absolute Gasteiger partial charge is 0.274 e. The standard InChI is InChI=1S/C17H16N4O/c1-11-6-8-12(9-7-11)10-19-17(22)15-16(18)21-14-5-3-2-4-13(14)20-15/h2-9H,10H2,1H3,(H2,18,21)(H,19,22). The van der Waals surface area contributed by atoms with Crippen molar-refractivity contribution in [2.24, 2.45) is 0 Å². The summed E-state index contributed by atoms with van der Waals surface area (Å²) in [4.78, 5) is 20.8. The molecule has 5 nitrogen and oxygen atoms in total. The van der Waals surface area contributed by atoms with Crippen LogP contribution in [0.2, 0.25) is 0 Å². The van der Waals surface area contributed by atoms with E-state index < -0.39 is 0 Å². The molecule has 1 aromatic heterocycles. The van der Waals surface area contributed by atoms with Crippen LogP contribution in [0.5, 0.6) is 0 Å². The Hall–Kier alpha value is -2.95. The molecule has 110 valence electrons. The van der Waals surface area contributed by atoms with Crippen molar-refractivity contribution < 1.29 is 4.79 Å². The fraction of sp³-hybridized carbons (Fsp3) is 0.118. The van der Waals surface area contributed by atoms with E-state index in [1.165, 1.54) is 5.56 Å². The van der Waals surface area contributed by atoms with Crippen molar-refractivity contribution >= 4 is 22.8 Å². The predicted octanol–water partition coefficient (Wildman–Crippen LogP) is 2.45. The van der Waals surface area contributed by atoms with Gasteiger partial charge in [0.1, 0.15) is 0 Å². The maximum Gasteiger partial charge on any atom is 0.274 e. The Morgan fingerprint density at radius 3 is 2.36 bits per heavy atom. The number of aryl methyl sites for hydroxylation is 1. The molecule has 0 saturated heterocycles. The SMILES string of the molecule is Cc1ccc(CNC(=O)c2nc3ccccc3nc2N)cc1. The molecular weight excluding hydrogens is 276 g/mol. The van der Waals surface area contributed by atoms with E-state index in [4.69, 9.17) is 5.73 Å². The lowest BCUT2D eigenvalue weighted by molar-refractivity contribution is 0.0947. The minimum absolute atomic E-state index is 0.139. The highest BCUT2D eigenvalue weighted by Gasteiger charge is 2.13. The Kier molecular flexibility index (Phi) is 3.70. The molecule has 3 aromatic rings. The summed E-state index contributed by atoms with van der Waals surface area (Å²) in [6, 6.07) is 15.3. The van der Waals surface area contributed by atoms with Gasteiger partial charge in [-0.15, -0.1) is 0 Å². The average Bonchev–Trinajstić information content (AvgIpc) is 2.53. The highest BCUT2D eigenvalue weighted by atomic mass is 16.1. The van der Waals surface area contributed by atoms with E-state index in [0.29, 0.717) is 17.6 Å². The molecule has 22 heavy (non-hydrogen) atoms. The molecule has 0 spiro atoms. The van der Waals surface area contributed by atoms with Crippen LogP contribution in [0.4, 0.5) is 5.82 Å². The number of nitrogens with one attached hydrogen (secondary N) is 1. The van der Waals surface area contributed by atoms with Gasteiger partial charge in [-0.3, -0.25) is 4.79 Å². The summed E-state index contributed by atoms with van der Waals surface area (Å²) in [6.07, 6.45) is 0. The van der Waals surface area contributed by atoms with E-state index in [9.17, 15) is 4.79 Å². The van der Waals surface area contributed by atoms with Crippen LogP contribution in [0, 0.1) is 6.92 Å². The number of benzene rings is 2. The first-order valence-corrected chi connectivity index (χ1v) is 6.99. The van der Waals surface area contributed by atoms with Gasteiger partial charge in [0.2, 0.25) is 0 Å². The Balaban J connectivity index is 1.79. The van der Waals surface area contributed by atoms with E-state index in [1.54, 1.807) is 6.07 Å². The van der Waals surface area contributed by atoms with E-state index in [-0.39, 0.29) is 17.4 Å². The minimum atomic E-state index is -0.323. The second-order valence-corrected chi connectivity index (χ2v) is 5.11. The molecule has 5 heteroatoms. The first kappa shape index (κ1) is 14.0. The van der Waals surface area contributed by atoms with Gasteiger partial charge in [0, 0.05) is 6.54 Å². The van der Waals surface area contributed by atoms with Crippen LogP contribution in [-0.4, -0.2) is 15.9 Å². The third-order valence-corrected chi connectivity index (χ3v) is 3.39. The highest BCUT2D eigenvalue weighted by molar-refractivity contribution is 5.98. The third-order valence-electron chi connectivity index (χ3n) is 3.39. The lowest BCUT2D eigenvalue weighted by Gasteiger charge is -2.08. The van der Waals surface area contributed by atoms with Gasteiger partial charge >= 0.3 is 0 Å². The van der Waals surface area contributed by atoms with E-state index in [2.05, 4.69) is 15.3 Å². The van der Waals surface area contributed by atoms with Crippen LogP contribution in [0.25, 0.3) is 11.0 Å². The maximum absolute atomic E-state index is 12.3. The summed E-state index contributed by atoms with van der Waals surface area (Å²) < 4.78 is 0. The van der Waals surface area contributed by atoms with E-state index in [0.717, 1.165) is 5.56 Å². The monoisotopic (exact) mass is 292 g/mol. The second-order valence-electron chi connectivity index (χ2n) is 5.11. The molecular formula is C17H16N4O. The zero-order chi connectivity index (χ0) is 15.5. The van der Waals surface area contributed by atoms with Crippen LogP contribution in [-0.2, 0) is 6.54 Å². The number of rotatable bonds is 3. The Morgan fingerprint density at radius 1 is 1.05 bits per heavy atom. The number of aromatic nitrogens is 2. The first-order chi connectivity index (χ1) is 10.6. The Bertz CT molecular complexity index is 828. The zero-order valence-corrected chi connectivity index (χ0v) is 12.2. The summed E-state index contributed by atoms with van der Waals surface area (Å²) >= 11 is 0. The van der Waals surface area contributed by atoms with Gasteiger partial charge < -0.3 is 11.1 Å². The molecule has 0 aliphatic rings. The zero-order valence-electron chi connectivity index (χ0n) is 12.2. The minimum Gasteiger partial charge on any atom is -0.382 e. The molecule has 1 amide bonds. The van der Waals surface area contributed by atoms with Gasteiger partial charge in [0.25, 0.3) is 5.91 Å². The largest absolute Gasteiger partial charge is 0.382 e. The molecule has 0 radical (unpaired) electrons. The lowest BCUT2D eigenvalue weighted by atomic mass is 10.1. The van der Waals surface area contributed by atoms with Crippen LogP contribution in [0.3, 0.4) is 0 Å². The quantitative estimate of drug-likeness (QED) is 0.777. The van der Waals surface area contributed by atoms with Crippen molar-refractivity contribution in [3.63, 3.8) is 0 Å². The number of para-hydroxylation sites is 2. The molecule has 0 fully saturated rings. The molecule has 1 heterocycles. The predicted molar refractivity (Wildman–Crippen MR) is 86.3 cm³/mol. The van der Waals surface area contributed by atoms with E-state index in [1.807, 2.05) is 49.4 Å². The summed E-state index contributed by atoms with van der Waals surface area (Å²) in [5, 5.41) is 2.82. The van der Waals surface area contributed by atoms with Crippen molar-refractivity contribution in [1.82, 2.24) is 15.3 Å². The van der Waals surface area contributed by atoms with Gasteiger partial charge in [0.05, 0.1) is 11.0 Å². The molecule has 2 aromatic carbocycles. The van der Waals surface area contributed by atoms with Crippen molar-refractivity contribution in [2.75, 3.05) is 5.73 Å².